The van der Waals surface area contributed by atoms with E-state index in [2.05, 4.69) is 4.72 Å². The fraction of sp³-hybridized carbons (Fsp3) is 0.154. The van der Waals surface area contributed by atoms with Gasteiger partial charge in [-0.05, 0) is 17.7 Å². The second kappa shape index (κ2) is 6.85. The summed E-state index contributed by atoms with van der Waals surface area (Å²) in [7, 11) is -3.48. The highest BCUT2D eigenvalue weighted by molar-refractivity contribution is 7.88. The fourth-order valence-electron chi connectivity index (χ4n) is 1.77. The van der Waals surface area contributed by atoms with Crippen LogP contribution in [0.2, 0.25) is 4.34 Å². The van der Waals surface area contributed by atoms with E-state index >= 15 is 0 Å². The Morgan fingerprint density at radius 1 is 1.29 bits per heavy atom. The molecule has 4 nitrogen and oxygen atoms in total. The number of benzene rings is 1. The van der Waals surface area contributed by atoms with E-state index in [1.54, 1.807) is 36.4 Å². The Kier molecular flexibility index (Phi) is 5.34. The Bertz CT molecular complexity index is 756. The van der Waals surface area contributed by atoms with Gasteiger partial charge < -0.3 is 5.73 Å². The van der Waals surface area contributed by atoms with Gasteiger partial charge in [-0.15, -0.1) is 11.3 Å². The SMILES string of the molecule is NC(=S)c1ccccc1CS(=O)(=O)NCc1ccc(Cl)s1. The molecule has 2 rings (SSSR count). The van der Waals surface area contributed by atoms with Crippen molar-refractivity contribution in [2.75, 3.05) is 0 Å². The third kappa shape index (κ3) is 4.76. The molecule has 0 unspecified atom stereocenters. The monoisotopic (exact) mass is 360 g/mol. The van der Waals surface area contributed by atoms with Crippen molar-refractivity contribution >= 4 is 50.2 Å². The smallest absolute Gasteiger partial charge is 0.216 e. The number of sulfonamides is 1. The Balaban J connectivity index is 2.09. The van der Waals surface area contributed by atoms with E-state index in [1.165, 1.54) is 11.3 Å². The minimum Gasteiger partial charge on any atom is -0.389 e. The van der Waals surface area contributed by atoms with Crippen molar-refractivity contribution in [3.63, 3.8) is 0 Å². The summed E-state index contributed by atoms with van der Waals surface area (Å²) in [4.78, 5) is 1.04. The number of halogens is 1. The lowest BCUT2D eigenvalue weighted by molar-refractivity contribution is 0.581. The fourth-order valence-corrected chi connectivity index (χ4v) is 4.23. The topological polar surface area (TPSA) is 72.2 Å². The highest BCUT2D eigenvalue weighted by Crippen LogP contribution is 2.21. The van der Waals surface area contributed by atoms with Crippen LogP contribution < -0.4 is 10.5 Å². The predicted octanol–water partition coefficient (Wildman–Crippen LogP) is 2.66. The number of thiocarbonyl (C=S) groups is 1. The van der Waals surface area contributed by atoms with Gasteiger partial charge in [-0.2, -0.15) is 0 Å². The number of thiophene rings is 1. The van der Waals surface area contributed by atoms with Gasteiger partial charge in [0, 0.05) is 17.0 Å². The summed E-state index contributed by atoms with van der Waals surface area (Å²) in [5, 5.41) is 0. The molecule has 0 bridgehead atoms. The molecule has 0 fully saturated rings. The quantitative estimate of drug-likeness (QED) is 0.777. The van der Waals surface area contributed by atoms with Crippen molar-refractivity contribution in [1.82, 2.24) is 4.72 Å². The maximum atomic E-state index is 12.1. The molecule has 1 aromatic heterocycles. The predicted molar refractivity (Wildman–Crippen MR) is 91.1 cm³/mol. The number of hydrogen-bond donors (Lipinski definition) is 2. The van der Waals surface area contributed by atoms with Crippen LogP contribution in [0.15, 0.2) is 36.4 Å². The van der Waals surface area contributed by atoms with Gasteiger partial charge in [0.2, 0.25) is 10.0 Å². The number of hydrogen-bond acceptors (Lipinski definition) is 4. The standard InChI is InChI=1S/C13H13ClN2O2S3/c14-12-6-5-10(20-12)7-16-21(17,18)8-9-3-1-2-4-11(9)13(15)19/h1-6,16H,7-8H2,(H2,15,19). The van der Waals surface area contributed by atoms with E-state index < -0.39 is 10.0 Å². The Morgan fingerprint density at radius 3 is 2.62 bits per heavy atom. The summed E-state index contributed by atoms with van der Waals surface area (Å²) in [5.41, 5.74) is 6.77. The zero-order valence-electron chi connectivity index (χ0n) is 10.9. The van der Waals surface area contributed by atoms with Crippen LogP contribution in [0, 0.1) is 0 Å². The van der Waals surface area contributed by atoms with Crippen LogP contribution in [0.4, 0.5) is 0 Å². The molecule has 0 aliphatic rings. The second-order valence-electron chi connectivity index (χ2n) is 4.31. The Morgan fingerprint density at radius 2 is 2.00 bits per heavy atom. The van der Waals surface area contributed by atoms with Crippen LogP contribution in [0.1, 0.15) is 16.0 Å². The van der Waals surface area contributed by atoms with E-state index in [0.717, 1.165) is 4.88 Å². The minimum atomic E-state index is -3.48. The molecule has 0 saturated carbocycles. The summed E-state index contributed by atoms with van der Waals surface area (Å²) >= 11 is 12.1. The van der Waals surface area contributed by atoms with Gasteiger partial charge in [-0.3, -0.25) is 0 Å². The summed E-state index contributed by atoms with van der Waals surface area (Å²) in [6, 6.07) is 10.5. The van der Waals surface area contributed by atoms with E-state index in [4.69, 9.17) is 29.6 Å². The lowest BCUT2D eigenvalue weighted by Crippen LogP contribution is -2.25. The lowest BCUT2D eigenvalue weighted by Gasteiger charge is -2.09. The van der Waals surface area contributed by atoms with Crippen LogP contribution in [0.5, 0.6) is 0 Å². The maximum absolute atomic E-state index is 12.1. The molecule has 2 aromatic rings. The first-order valence-corrected chi connectivity index (χ1v) is 9.22. The molecule has 0 atom stereocenters. The van der Waals surface area contributed by atoms with Gasteiger partial charge in [-0.25, -0.2) is 13.1 Å². The van der Waals surface area contributed by atoms with Gasteiger partial charge >= 0.3 is 0 Å². The van der Waals surface area contributed by atoms with Crippen LogP contribution >= 0.6 is 35.2 Å². The van der Waals surface area contributed by atoms with Crippen molar-refractivity contribution in [2.45, 2.75) is 12.3 Å². The molecule has 0 aliphatic heterocycles. The van der Waals surface area contributed by atoms with Crippen LogP contribution in [-0.2, 0) is 22.3 Å². The van der Waals surface area contributed by atoms with Crippen molar-refractivity contribution < 1.29 is 8.42 Å². The van der Waals surface area contributed by atoms with Gasteiger partial charge in [0.15, 0.2) is 0 Å². The molecule has 0 spiro atoms. The third-order valence-corrected chi connectivity index (χ3v) is 5.45. The first kappa shape index (κ1) is 16.4. The Hall–Kier alpha value is -0.990. The summed E-state index contributed by atoms with van der Waals surface area (Å²) < 4.78 is 27.4. The van der Waals surface area contributed by atoms with Crippen molar-refractivity contribution in [3.05, 3.63) is 56.7 Å². The summed E-state index contributed by atoms with van der Waals surface area (Å²) in [6.07, 6.45) is 0. The normalized spacial score (nSPS) is 11.5. The van der Waals surface area contributed by atoms with E-state index in [-0.39, 0.29) is 17.3 Å². The van der Waals surface area contributed by atoms with Crippen LogP contribution in [-0.4, -0.2) is 13.4 Å². The van der Waals surface area contributed by atoms with Crippen LogP contribution in [0.3, 0.4) is 0 Å². The maximum Gasteiger partial charge on any atom is 0.216 e. The number of nitrogens with two attached hydrogens (primary N) is 1. The molecular weight excluding hydrogens is 348 g/mol. The number of rotatable bonds is 6. The van der Waals surface area contributed by atoms with Gasteiger partial charge in [-0.1, -0.05) is 48.1 Å². The molecular formula is C13H13ClN2O2S3. The molecule has 112 valence electrons. The Labute approximate surface area is 138 Å². The van der Waals surface area contributed by atoms with Crippen molar-refractivity contribution in [2.24, 2.45) is 5.73 Å². The average Bonchev–Trinajstić information content (AvgIpc) is 2.82. The largest absolute Gasteiger partial charge is 0.389 e. The van der Waals surface area contributed by atoms with Crippen LogP contribution in [0.25, 0.3) is 0 Å². The first-order valence-electron chi connectivity index (χ1n) is 5.96. The molecule has 1 heterocycles. The summed E-state index contributed by atoms with van der Waals surface area (Å²) in [6.45, 7) is 0.217. The summed E-state index contributed by atoms with van der Waals surface area (Å²) in [5.74, 6) is -0.167. The van der Waals surface area contributed by atoms with Gasteiger partial charge in [0.1, 0.15) is 4.99 Å². The molecule has 0 saturated heterocycles. The van der Waals surface area contributed by atoms with Gasteiger partial charge in [0.05, 0.1) is 10.1 Å². The molecule has 21 heavy (non-hydrogen) atoms. The van der Waals surface area contributed by atoms with Gasteiger partial charge in [0.25, 0.3) is 0 Å². The first-order chi connectivity index (χ1) is 9.87. The van der Waals surface area contributed by atoms with Crippen molar-refractivity contribution in [3.8, 4) is 0 Å². The molecule has 1 aromatic carbocycles. The second-order valence-corrected chi connectivity index (χ2v) is 8.35. The van der Waals surface area contributed by atoms with E-state index in [9.17, 15) is 8.42 Å². The minimum absolute atomic E-state index is 0.167. The lowest BCUT2D eigenvalue weighted by atomic mass is 10.1. The molecule has 8 heteroatoms. The zero-order valence-corrected chi connectivity index (χ0v) is 14.1. The van der Waals surface area contributed by atoms with E-state index in [0.29, 0.717) is 15.5 Å². The zero-order chi connectivity index (χ0) is 15.5. The van der Waals surface area contributed by atoms with E-state index in [1.807, 2.05) is 0 Å². The molecule has 3 N–H and O–H groups in total. The number of nitrogens with one attached hydrogen (secondary N) is 1. The molecule has 0 radical (unpaired) electrons. The molecule has 0 amide bonds. The highest BCUT2D eigenvalue weighted by Gasteiger charge is 2.15. The highest BCUT2D eigenvalue weighted by atomic mass is 35.5. The average molecular weight is 361 g/mol. The van der Waals surface area contributed by atoms with Crippen molar-refractivity contribution in [1.29, 1.82) is 0 Å². The third-order valence-electron chi connectivity index (χ3n) is 2.72. The molecule has 0 aliphatic carbocycles.